The van der Waals surface area contributed by atoms with Gasteiger partial charge in [-0.25, -0.2) is 4.79 Å². The monoisotopic (exact) mass is 302 g/mol. The van der Waals surface area contributed by atoms with Crippen molar-refractivity contribution >= 4 is 17.4 Å². The zero-order chi connectivity index (χ0) is 15.5. The van der Waals surface area contributed by atoms with E-state index in [2.05, 4.69) is 29.4 Å². The van der Waals surface area contributed by atoms with E-state index in [1.807, 2.05) is 29.2 Å². The normalized spacial score (nSPS) is 18.6. The van der Waals surface area contributed by atoms with Crippen molar-refractivity contribution in [2.24, 2.45) is 11.8 Å². The minimum absolute atomic E-state index is 0.0243. The molecule has 1 aromatic carbocycles. The first-order valence-electron chi connectivity index (χ1n) is 8.24. The first-order chi connectivity index (χ1) is 10.6. The molecular formula is C17H26N4O. The topological polar surface area (TPSA) is 47.6 Å². The Balaban J connectivity index is 1.48. The van der Waals surface area contributed by atoms with E-state index in [4.69, 9.17) is 0 Å². The molecule has 0 radical (unpaired) electrons. The predicted molar refractivity (Wildman–Crippen MR) is 90.4 cm³/mol. The number of para-hydroxylation sites is 2. The summed E-state index contributed by atoms with van der Waals surface area (Å²) in [5.41, 5.74) is 2.01. The van der Waals surface area contributed by atoms with Gasteiger partial charge in [0.2, 0.25) is 0 Å². The van der Waals surface area contributed by atoms with E-state index < -0.39 is 0 Å². The Kier molecular flexibility index (Phi) is 4.52. The number of rotatable bonds is 4. The van der Waals surface area contributed by atoms with Gasteiger partial charge in [-0.15, -0.1) is 0 Å². The van der Waals surface area contributed by atoms with Crippen LogP contribution in [0.1, 0.15) is 13.8 Å². The van der Waals surface area contributed by atoms with Gasteiger partial charge in [-0.1, -0.05) is 26.0 Å². The molecule has 22 heavy (non-hydrogen) atoms. The second kappa shape index (κ2) is 6.57. The summed E-state index contributed by atoms with van der Waals surface area (Å²) in [6.45, 7) is 10.2. The molecule has 5 nitrogen and oxygen atoms in total. The fourth-order valence-electron chi connectivity index (χ4n) is 3.29. The second-order valence-electron chi connectivity index (χ2n) is 6.76. The highest BCUT2D eigenvalue weighted by Gasteiger charge is 2.28. The number of likely N-dealkylation sites (tertiary alicyclic amines) is 1. The molecule has 0 bridgehead atoms. The summed E-state index contributed by atoms with van der Waals surface area (Å²) in [6, 6.07) is 8.00. The maximum atomic E-state index is 12.4. The summed E-state index contributed by atoms with van der Waals surface area (Å²) < 4.78 is 0. The lowest BCUT2D eigenvalue weighted by molar-refractivity contribution is 0.0881. The minimum atomic E-state index is 0.0243. The molecule has 2 heterocycles. The van der Waals surface area contributed by atoms with Crippen molar-refractivity contribution in [3.05, 3.63) is 24.3 Å². The summed E-state index contributed by atoms with van der Waals surface area (Å²) in [4.78, 5) is 16.7. The van der Waals surface area contributed by atoms with Gasteiger partial charge in [0, 0.05) is 45.2 Å². The molecule has 1 aromatic rings. The Morgan fingerprint density at radius 2 is 2.14 bits per heavy atom. The SMILES string of the molecule is CC(C)CN1CC(CNC(=O)N2CCNc3ccccc32)C1. The maximum Gasteiger partial charge on any atom is 0.322 e. The first-order valence-corrected chi connectivity index (χ1v) is 8.24. The Bertz CT molecular complexity index is 525. The van der Waals surface area contributed by atoms with Gasteiger partial charge in [0.25, 0.3) is 0 Å². The molecule has 3 rings (SSSR count). The quantitative estimate of drug-likeness (QED) is 0.896. The molecule has 120 valence electrons. The summed E-state index contributed by atoms with van der Waals surface area (Å²) in [5.74, 6) is 1.31. The molecule has 1 fully saturated rings. The summed E-state index contributed by atoms with van der Waals surface area (Å²) >= 11 is 0. The molecule has 2 aliphatic rings. The molecule has 1 saturated heterocycles. The van der Waals surface area contributed by atoms with Crippen LogP contribution >= 0.6 is 0 Å². The lowest BCUT2D eigenvalue weighted by Crippen LogP contribution is -2.54. The van der Waals surface area contributed by atoms with Crippen molar-refractivity contribution in [2.45, 2.75) is 13.8 Å². The van der Waals surface area contributed by atoms with Crippen LogP contribution in [0.15, 0.2) is 24.3 Å². The van der Waals surface area contributed by atoms with E-state index in [1.165, 1.54) is 0 Å². The molecule has 0 saturated carbocycles. The van der Waals surface area contributed by atoms with Crippen molar-refractivity contribution in [2.75, 3.05) is 49.5 Å². The number of benzene rings is 1. The molecule has 0 atom stereocenters. The van der Waals surface area contributed by atoms with Crippen LogP contribution < -0.4 is 15.5 Å². The third-order valence-corrected chi connectivity index (χ3v) is 4.29. The van der Waals surface area contributed by atoms with Crippen LogP contribution in [-0.4, -0.2) is 50.2 Å². The van der Waals surface area contributed by atoms with Crippen LogP contribution in [0.2, 0.25) is 0 Å². The molecule has 0 spiro atoms. The zero-order valence-electron chi connectivity index (χ0n) is 13.5. The highest BCUT2D eigenvalue weighted by atomic mass is 16.2. The van der Waals surface area contributed by atoms with Gasteiger partial charge >= 0.3 is 6.03 Å². The first kappa shape index (κ1) is 15.2. The Hall–Kier alpha value is -1.75. The molecule has 0 aromatic heterocycles. The van der Waals surface area contributed by atoms with Crippen molar-refractivity contribution < 1.29 is 4.79 Å². The van der Waals surface area contributed by atoms with Crippen molar-refractivity contribution in [3.63, 3.8) is 0 Å². The number of carbonyl (C=O) groups excluding carboxylic acids is 1. The molecule has 5 heteroatoms. The van der Waals surface area contributed by atoms with E-state index in [9.17, 15) is 4.79 Å². The molecule has 2 amide bonds. The van der Waals surface area contributed by atoms with Crippen LogP contribution in [0.25, 0.3) is 0 Å². The minimum Gasteiger partial charge on any atom is -0.382 e. The molecular weight excluding hydrogens is 276 g/mol. The molecule has 2 N–H and O–H groups in total. The van der Waals surface area contributed by atoms with Crippen molar-refractivity contribution in [3.8, 4) is 0 Å². The number of nitrogens with one attached hydrogen (secondary N) is 2. The number of urea groups is 1. The lowest BCUT2D eigenvalue weighted by atomic mass is 9.98. The number of fused-ring (bicyclic) bond motifs is 1. The Labute approximate surface area is 132 Å². The third kappa shape index (κ3) is 3.35. The van der Waals surface area contributed by atoms with Crippen LogP contribution in [0.5, 0.6) is 0 Å². The number of nitrogens with zero attached hydrogens (tertiary/aromatic N) is 2. The van der Waals surface area contributed by atoms with Crippen molar-refractivity contribution in [1.82, 2.24) is 10.2 Å². The summed E-state index contributed by atoms with van der Waals surface area (Å²) in [7, 11) is 0. The van der Waals surface area contributed by atoms with Crippen LogP contribution in [0.3, 0.4) is 0 Å². The van der Waals surface area contributed by atoms with Gasteiger partial charge in [-0.05, 0) is 18.1 Å². The third-order valence-electron chi connectivity index (χ3n) is 4.29. The van der Waals surface area contributed by atoms with E-state index in [-0.39, 0.29) is 6.03 Å². The van der Waals surface area contributed by atoms with E-state index >= 15 is 0 Å². The van der Waals surface area contributed by atoms with E-state index in [0.717, 1.165) is 44.1 Å². The molecule has 0 unspecified atom stereocenters. The standard InChI is InChI=1S/C17H26N4O/c1-13(2)10-20-11-14(12-20)9-19-17(22)21-8-7-18-15-5-3-4-6-16(15)21/h3-6,13-14,18H,7-12H2,1-2H3,(H,19,22). The highest BCUT2D eigenvalue weighted by molar-refractivity contribution is 5.96. The summed E-state index contributed by atoms with van der Waals surface area (Å²) in [6.07, 6.45) is 0. The van der Waals surface area contributed by atoms with Crippen LogP contribution in [-0.2, 0) is 0 Å². The number of hydrogen-bond acceptors (Lipinski definition) is 3. The number of carbonyl (C=O) groups is 1. The smallest absolute Gasteiger partial charge is 0.322 e. The highest BCUT2D eigenvalue weighted by Crippen LogP contribution is 2.28. The fraction of sp³-hybridized carbons (Fsp3) is 0.588. The van der Waals surface area contributed by atoms with E-state index in [0.29, 0.717) is 18.4 Å². The largest absolute Gasteiger partial charge is 0.382 e. The average molecular weight is 302 g/mol. The van der Waals surface area contributed by atoms with E-state index in [1.54, 1.807) is 0 Å². The molecule has 0 aliphatic carbocycles. The number of hydrogen-bond donors (Lipinski definition) is 2. The lowest BCUT2D eigenvalue weighted by Gasteiger charge is -2.40. The van der Waals surface area contributed by atoms with Gasteiger partial charge in [-0.3, -0.25) is 4.90 Å². The second-order valence-corrected chi connectivity index (χ2v) is 6.76. The zero-order valence-corrected chi connectivity index (χ0v) is 13.5. The van der Waals surface area contributed by atoms with Gasteiger partial charge in [0.15, 0.2) is 0 Å². The molecule has 2 aliphatic heterocycles. The van der Waals surface area contributed by atoms with Gasteiger partial charge < -0.3 is 15.5 Å². The number of amides is 2. The number of anilines is 2. The average Bonchev–Trinajstić information content (AvgIpc) is 2.48. The van der Waals surface area contributed by atoms with Crippen molar-refractivity contribution in [1.29, 1.82) is 0 Å². The Morgan fingerprint density at radius 1 is 1.36 bits per heavy atom. The van der Waals surface area contributed by atoms with Crippen LogP contribution in [0, 0.1) is 11.8 Å². The fourth-order valence-corrected chi connectivity index (χ4v) is 3.29. The van der Waals surface area contributed by atoms with Crippen LogP contribution in [0.4, 0.5) is 16.2 Å². The maximum absolute atomic E-state index is 12.4. The Morgan fingerprint density at radius 3 is 2.91 bits per heavy atom. The van der Waals surface area contributed by atoms with Gasteiger partial charge in [-0.2, -0.15) is 0 Å². The predicted octanol–water partition coefficient (Wildman–Crippen LogP) is 2.22. The van der Waals surface area contributed by atoms with Gasteiger partial charge in [0.05, 0.1) is 11.4 Å². The summed E-state index contributed by atoms with van der Waals surface area (Å²) in [5, 5.41) is 6.43. The van der Waals surface area contributed by atoms with Gasteiger partial charge in [0.1, 0.15) is 0 Å².